The Balaban J connectivity index is 2.93. The molecule has 16 heavy (non-hydrogen) atoms. The van der Waals surface area contributed by atoms with Crippen molar-refractivity contribution < 1.29 is 23.4 Å². The Kier molecular flexibility index (Phi) is 3.78. The number of hydrogen-bond donors (Lipinski definition) is 2. The first-order chi connectivity index (χ1) is 7.45. The van der Waals surface area contributed by atoms with Crippen molar-refractivity contribution in [1.29, 1.82) is 0 Å². The molecule has 0 aliphatic heterocycles. The molecule has 0 fully saturated rings. The highest BCUT2D eigenvalue weighted by molar-refractivity contribution is 5.75. The molecule has 0 saturated heterocycles. The molecule has 1 atom stereocenters. The first kappa shape index (κ1) is 12.4. The fraction of sp³-hybridized carbons (Fsp3) is 0.300. The van der Waals surface area contributed by atoms with E-state index in [4.69, 9.17) is 5.73 Å². The first-order valence-corrected chi connectivity index (χ1v) is 4.46. The molecule has 3 N–H and O–H groups in total. The minimum absolute atomic E-state index is 0.0737. The normalized spacial score (nSPS) is 12.2. The number of carbonyl (C=O) groups is 1. The Morgan fingerprint density at radius 2 is 2.19 bits per heavy atom. The van der Waals surface area contributed by atoms with Gasteiger partial charge in [-0.05, 0) is 6.07 Å². The largest absolute Gasteiger partial charge is 0.505 e. The Morgan fingerprint density at radius 3 is 2.75 bits per heavy atom. The number of aromatic hydroxyl groups is 1. The van der Waals surface area contributed by atoms with Crippen LogP contribution in [0.2, 0.25) is 0 Å². The zero-order chi connectivity index (χ0) is 12.3. The van der Waals surface area contributed by atoms with Gasteiger partial charge in [-0.2, -0.15) is 0 Å². The molecule has 1 aromatic carbocycles. The third-order valence-electron chi connectivity index (χ3n) is 2.05. The fourth-order valence-electron chi connectivity index (χ4n) is 1.25. The van der Waals surface area contributed by atoms with E-state index in [9.17, 15) is 18.7 Å². The fourth-order valence-corrected chi connectivity index (χ4v) is 1.25. The molecule has 0 spiro atoms. The Morgan fingerprint density at radius 1 is 1.56 bits per heavy atom. The van der Waals surface area contributed by atoms with Gasteiger partial charge in [0.05, 0.1) is 7.11 Å². The van der Waals surface area contributed by atoms with E-state index < -0.39 is 29.4 Å². The predicted octanol–water partition coefficient (Wildman–Crippen LogP) is 0.713. The van der Waals surface area contributed by atoms with Gasteiger partial charge in [0.1, 0.15) is 11.9 Å². The topological polar surface area (TPSA) is 72.5 Å². The summed E-state index contributed by atoms with van der Waals surface area (Å²) in [6.07, 6.45) is -0.201. The lowest BCUT2D eigenvalue weighted by molar-refractivity contribution is -0.142. The van der Waals surface area contributed by atoms with E-state index in [-0.39, 0.29) is 12.0 Å². The second-order valence-electron chi connectivity index (χ2n) is 3.23. The molecular weight excluding hydrogens is 220 g/mol. The third kappa shape index (κ3) is 2.66. The molecule has 0 unspecified atom stereocenters. The summed E-state index contributed by atoms with van der Waals surface area (Å²) in [6.45, 7) is 0. The van der Waals surface area contributed by atoms with Crippen molar-refractivity contribution in [2.24, 2.45) is 5.73 Å². The van der Waals surface area contributed by atoms with Crippen molar-refractivity contribution >= 4 is 5.97 Å². The highest BCUT2D eigenvalue weighted by Crippen LogP contribution is 2.23. The van der Waals surface area contributed by atoms with E-state index in [0.29, 0.717) is 6.07 Å². The van der Waals surface area contributed by atoms with Crippen LogP contribution in [-0.4, -0.2) is 24.2 Å². The van der Waals surface area contributed by atoms with E-state index >= 15 is 0 Å². The molecule has 6 heteroatoms. The lowest BCUT2D eigenvalue weighted by atomic mass is 10.1. The van der Waals surface area contributed by atoms with Crippen LogP contribution in [0.15, 0.2) is 12.1 Å². The second-order valence-corrected chi connectivity index (χ2v) is 3.23. The second kappa shape index (κ2) is 4.89. The van der Waals surface area contributed by atoms with Gasteiger partial charge in [-0.1, -0.05) is 0 Å². The van der Waals surface area contributed by atoms with E-state index in [1.54, 1.807) is 0 Å². The van der Waals surface area contributed by atoms with Gasteiger partial charge in [0.15, 0.2) is 11.6 Å². The van der Waals surface area contributed by atoms with Crippen molar-refractivity contribution in [3.05, 3.63) is 29.3 Å². The molecule has 0 aliphatic carbocycles. The number of nitrogens with two attached hydrogens (primary N) is 1. The molecule has 0 radical (unpaired) electrons. The molecule has 0 saturated carbocycles. The molecule has 1 rings (SSSR count). The number of ether oxygens (including phenoxy) is 1. The molecule has 0 aromatic heterocycles. The van der Waals surface area contributed by atoms with Gasteiger partial charge in [-0.25, -0.2) is 8.78 Å². The average molecular weight is 231 g/mol. The highest BCUT2D eigenvalue weighted by atomic mass is 19.1. The maximum atomic E-state index is 12.9. The number of halogens is 2. The van der Waals surface area contributed by atoms with Gasteiger partial charge in [0, 0.05) is 18.1 Å². The number of phenolic OH excluding ortho intramolecular Hbond substituents is 1. The quantitative estimate of drug-likeness (QED) is 0.751. The van der Waals surface area contributed by atoms with Crippen LogP contribution >= 0.6 is 0 Å². The van der Waals surface area contributed by atoms with Gasteiger partial charge >= 0.3 is 5.97 Å². The summed E-state index contributed by atoms with van der Waals surface area (Å²) in [4.78, 5) is 11.0. The van der Waals surface area contributed by atoms with Gasteiger partial charge in [-0.3, -0.25) is 4.79 Å². The standard InChI is InChI=1S/C10H11F2NO3/c1-16-10(15)8(13)3-5-2-6(11)4-7(12)9(5)14/h2,4,8,14H,3,13H2,1H3/t8-/m1/s1. The highest BCUT2D eigenvalue weighted by Gasteiger charge is 2.18. The van der Waals surface area contributed by atoms with Crippen molar-refractivity contribution in [1.82, 2.24) is 0 Å². The predicted molar refractivity (Wildman–Crippen MR) is 51.7 cm³/mol. The average Bonchev–Trinajstić information content (AvgIpc) is 2.23. The van der Waals surface area contributed by atoms with Gasteiger partial charge in [0.2, 0.25) is 0 Å². The van der Waals surface area contributed by atoms with Crippen LogP contribution in [0.3, 0.4) is 0 Å². The number of rotatable bonds is 3. The van der Waals surface area contributed by atoms with Crippen molar-refractivity contribution in [3.63, 3.8) is 0 Å². The van der Waals surface area contributed by atoms with Crippen molar-refractivity contribution in [2.75, 3.05) is 7.11 Å². The summed E-state index contributed by atoms with van der Waals surface area (Å²) in [5.41, 5.74) is 5.32. The number of benzene rings is 1. The lowest BCUT2D eigenvalue weighted by Gasteiger charge is -2.10. The SMILES string of the molecule is COC(=O)[C@H](N)Cc1cc(F)cc(F)c1O. The summed E-state index contributed by atoms with van der Waals surface area (Å²) in [7, 11) is 1.15. The summed E-state index contributed by atoms with van der Waals surface area (Å²) in [6, 6.07) is 0.390. The molecule has 4 nitrogen and oxygen atoms in total. The zero-order valence-electron chi connectivity index (χ0n) is 8.54. The number of esters is 1. The summed E-state index contributed by atoms with van der Waals surface area (Å²) < 4.78 is 30.1. The van der Waals surface area contributed by atoms with Crippen molar-refractivity contribution in [2.45, 2.75) is 12.5 Å². The van der Waals surface area contributed by atoms with Crippen molar-refractivity contribution in [3.8, 4) is 5.75 Å². The molecule has 0 heterocycles. The van der Waals surface area contributed by atoms with Gasteiger partial charge in [0.25, 0.3) is 0 Å². The van der Waals surface area contributed by atoms with Gasteiger partial charge in [-0.15, -0.1) is 0 Å². The molecular formula is C10H11F2NO3. The molecule has 0 amide bonds. The van der Waals surface area contributed by atoms with Crippen LogP contribution in [-0.2, 0) is 16.0 Å². The Bertz CT molecular complexity index is 409. The summed E-state index contributed by atoms with van der Waals surface area (Å²) >= 11 is 0. The minimum Gasteiger partial charge on any atom is -0.505 e. The number of carbonyl (C=O) groups excluding carboxylic acids is 1. The van der Waals surface area contributed by atoms with Crippen LogP contribution in [0.1, 0.15) is 5.56 Å². The molecule has 0 aliphatic rings. The smallest absolute Gasteiger partial charge is 0.322 e. The van der Waals surface area contributed by atoms with Gasteiger partial charge < -0.3 is 15.6 Å². The van der Waals surface area contributed by atoms with E-state index in [0.717, 1.165) is 13.2 Å². The first-order valence-electron chi connectivity index (χ1n) is 4.46. The van der Waals surface area contributed by atoms with Crippen LogP contribution in [0.4, 0.5) is 8.78 Å². The number of methoxy groups -OCH3 is 1. The maximum absolute atomic E-state index is 12.9. The minimum atomic E-state index is -1.09. The van der Waals surface area contributed by atoms with E-state index in [2.05, 4.69) is 4.74 Å². The van der Waals surface area contributed by atoms with E-state index in [1.165, 1.54) is 0 Å². The van der Waals surface area contributed by atoms with Crippen LogP contribution in [0.25, 0.3) is 0 Å². The molecule has 88 valence electrons. The van der Waals surface area contributed by atoms with Crippen LogP contribution in [0, 0.1) is 11.6 Å². The maximum Gasteiger partial charge on any atom is 0.322 e. The monoisotopic (exact) mass is 231 g/mol. The third-order valence-corrected chi connectivity index (χ3v) is 2.05. The number of phenols is 1. The molecule has 0 bridgehead atoms. The zero-order valence-corrected chi connectivity index (χ0v) is 8.54. The Hall–Kier alpha value is -1.69. The van der Waals surface area contributed by atoms with Crippen LogP contribution < -0.4 is 5.73 Å². The molecule has 1 aromatic rings. The lowest BCUT2D eigenvalue weighted by Crippen LogP contribution is -2.33. The van der Waals surface area contributed by atoms with E-state index in [1.807, 2.05) is 0 Å². The summed E-state index contributed by atoms with van der Waals surface area (Å²) in [5, 5.41) is 9.28. The number of hydrogen-bond acceptors (Lipinski definition) is 4. The Labute approximate surface area is 90.6 Å². The summed E-state index contributed by atoms with van der Waals surface area (Å²) in [5.74, 6) is -3.36. The van der Waals surface area contributed by atoms with Crippen LogP contribution in [0.5, 0.6) is 5.75 Å².